The van der Waals surface area contributed by atoms with Crippen LogP contribution in [0.15, 0.2) is 18.5 Å². The van der Waals surface area contributed by atoms with E-state index in [1.165, 1.54) is 0 Å². The maximum absolute atomic E-state index is 3.92. The highest BCUT2D eigenvalue weighted by Gasteiger charge is 1.80. The molecule has 2 nitrogen and oxygen atoms in total. The highest BCUT2D eigenvalue weighted by Crippen LogP contribution is 1.89. The number of nitrogens with one attached hydrogen (secondary N) is 1. The fourth-order valence-electron chi connectivity index (χ4n) is 0.480. The predicted octanol–water partition coefficient (Wildman–Crippen LogP) is 1.26. The van der Waals surface area contributed by atoms with Gasteiger partial charge >= 0.3 is 0 Å². The zero-order chi connectivity index (χ0) is 5.82. The van der Waals surface area contributed by atoms with Crippen LogP contribution >= 0.6 is 0 Å². The van der Waals surface area contributed by atoms with Crippen LogP contribution in [0.2, 0.25) is 0 Å². The van der Waals surface area contributed by atoms with Crippen molar-refractivity contribution in [2.75, 3.05) is 0 Å². The summed E-state index contributed by atoms with van der Waals surface area (Å²) in [6, 6.07) is 0. The number of nitrogens with zero attached hydrogens (tertiary/aromatic N) is 1. The van der Waals surface area contributed by atoms with E-state index in [2.05, 4.69) is 16.9 Å². The van der Waals surface area contributed by atoms with Crippen molar-refractivity contribution in [3.8, 4) is 0 Å². The maximum Gasteiger partial charge on any atom is 0.129 e. The number of hydrogen-bond donors (Lipinski definition) is 1. The third-order valence-electron chi connectivity index (χ3n) is 0.795. The van der Waals surface area contributed by atoms with E-state index in [1.807, 2.05) is 0 Å². The summed E-state index contributed by atoms with van der Waals surface area (Å²) in [7, 11) is 0. The molecule has 0 aliphatic heterocycles. The Bertz CT molecular complexity index is 163. The Morgan fingerprint density at radius 2 is 2.62 bits per heavy atom. The van der Waals surface area contributed by atoms with Crippen LogP contribution in [-0.4, -0.2) is 9.97 Å². The monoisotopic (exact) mass is 107 g/mol. The van der Waals surface area contributed by atoms with Gasteiger partial charge in [-0.05, 0) is 13.0 Å². The van der Waals surface area contributed by atoms with Crippen molar-refractivity contribution in [3.05, 3.63) is 31.2 Å². The highest BCUT2D eigenvalue weighted by molar-refractivity contribution is 5.39. The predicted molar refractivity (Wildman–Crippen MR) is 33.0 cm³/mol. The minimum absolute atomic E-state index is 0.847. The molecule has 0 fully saturated rings. The fraction of sp³-hybridized carbons (Fsp3) is 0. The zero-order valence-electron chi connectivity index (χ0n) is 4.46. The summed E-state index contributed by atoms with van der Waals surface area (Å²) in [5.41, 5.74) is 0. The average molecular weight is 107 g/mol. The van der Waals surface area contributed by atoms with Crippen LogP contribution in [0.25, 0.3) is 6.08 Å². The first-order valence-corrected chi connectivity index (χ1v) is 2.38. The lowest BCUT2D eigenvalue weighted by atomic mass is 10.5. The van der Waals surface area contributed by atoms with Crippen molar-refractivity contribution in [2.24, 2.45) is 0 Å². The van der Waals surface area contributed by atoms with E-state index in [0.717, 1.165) is 5.82 Å². The minimum atomic E-state index is 0.847. The summed E-state index contributed by atoms with van der Waals surface area (Å²) in [6.07, 6.45) is 6.98. The Morgan fingerprint density at radius 1 is 1.75 bits per heavy atom. The summed E-state index contributed by atoms with van der Waals surface area (Å²) < 4.78 is 0. The van der Waals surface area contributed by atoms with Gasteiger partial charge in [0.1, 0.15) is 5.82 Å². The Morgan fingerprint density at radius 3 is 3.12 bits per heavy atom. The molecule has 1 N–H and O–H groups in total. The molecule has 0 bridgehead atoms. The lowest BCUT2D eigenvalue weighted by molar-refractivity contribution is 1.26. The molecule has 1 aromatic rings. The third-order valence-corrected chi connectivity index (χ3v) is 0.795. The number of aromatic amines is 1. The molecule has 0 unspecified atom stereocenters. The lowest BCUT2D eigenvalue weighted by Gasteiger charge is -1.76. The largest absolute Gasteiger partial charge is 0.345 e. The fourth-order valence-corrected chi connectivity index (χ4v) is 0.480. The minimum Gasteiger partial charge on any atom is -0.345 e. The second-order valence-electron chi connectivity index (χ2n) is 1.38. The van der Waals surface area contributed by atoms with Gasteiger partial charge in [0.05, 0.1) is 0 Å². The van der Waals surface area contributed by atoms with Crippen LogP contribution in [0, 0.1) is 6.92 Å². The number of rotatable bonds is 1. The Labute approximate surface area is 48.3 Å². The molecule has 0 aromatic carbocycles. The first kappa shape index (κ1) is 5.09. The summed E-state index contributed by atoms with van der Waals surface area (Å²) in [5.74, 6) is 0.847. The quantitative estimate of drug-likeness (QED) is 0.575. The molecule has 0 saturated heterocycles. The van der Waals surface area contributed by atoms with E-state index >= 15 is 0 Å². The summed E-state index contributed by atoms with van der Waals surface area (Å²) in [4.78, 5) is 6.82. The van der Waals surface area contributed by atoms with E-state index in [-0.39, 0.29) is 0 Å². The molecule has 2 heteroatoms. The second-order valence-corrected chi connectivity index (χ2v) is 1.38. The van der Waals surface area contributed by atoms with Gasteiger partial charge in [0.15, 0.2) is 0 Å². The van der Waals surface area contributed by atoms with Gasteiger partial charge in [-0.3, -0.25) is 0 Å². The number of hydrogen-bond acceptors (Lipinski definition) is 1. The van der Waals surface area contributed by atoms with Gasteiger partial charge in [0, 0.05) is 12.4 Å². The second kappa shape index (κ2) is 2.31. The van der Waals surface area contributed by atoms with Gasteiger partial charge < -0.3 is 4.98 Å². The Hall–Kier alpha value is -1.05. The van der Waals surface area contributed by atoms with Crippen LogP contribution in [0.4, 0.5) is 0 Å². The van der Waals surface area contributed by atoms with Gasteiger partial charge in [0.2, 0.25) is 0 Å². The van der Waals surface area contributed by atoms with Gasteiger partial charge in [-0.2, -0.15) is 0 Å². The van der Waals surface area contributed by atoms with Gasteiger partial charge in [-0.25, -0.2) is 4.98 Å². The molecule has 1 rings (SSSR count). The molecule has 0 aliphatic rings. The van der Waals surface area contributed by atoms with Crippen LogP contribution in [0.1, 0.15) is 5.82 Å². The molecule has 0 saturated carbocycles. The third kappa shape index (κ3) is 0.964. The van der Waals surface area contributed by atoms with Crippen LogP contribution < -0.4 is 0 Å². The van der Waals surface area contributed by atoms with E-state index < -0.39 is 0 Å². The van der Waals surface area contributed by atoms with E-state index in [1.54, 1.807) is 24.5 Å². The van der Waals surface area contributed by atoms with Crippen molar-refractivity contribution < 1.29 is 0 Å². The topological polar surface area (TPSA) is 28.7 Å². The van der Waals surface area contributed by atoms with Crippen molar-refractivity contribution in [3.63, 3.8) is 0 Å². The van der Waals surface area contributed by atoms with E-state index in [9.17, 15) is 0 Å². The van der Waals surface area contributed by atoms with Crippen molar-refractivity contribution in [1.82, 2.24) is 9.97 Å². The summed E-state index contributed by atoms with van der Waals surface area (Å²) in [5, 5.41) is 0. The number of H-pyrrole nitrogens is 1. The molecule has 1 aromatic heterocycles. The molecular weight excluding hydrogens is 100 g/mol. The van der Waals surface area contributed by atoms with E-state index in [0.29, 0.717) is 0 Å². The SMILES string of the molecule is [CH2]/C=C/c1ncc[nH]1. The van der Waals surface area contributed by atoms with Gasteiger partial charge in [-0.1, -0.05) is 6.08 Å². The molecule has 0 aliphatic carbocycles. The highest BCUT2D eigenvalue weighted by atomic mass is 14.9. The molecule has 0 amide bonds. The smallest absolute Gasteiger partial charge is 0.129 e. The summed E-state index contributed by atoms with van der Waals surface area (Å²) >= 11 is 0. The van der Waals surface area contributed by atoms with Crippen molar-refractivity contribution >= 4 is 6.08 Å². The molecular formula is C6H7N2. The standard InChI is InChI=1S/C6H7N2/c1-2-3-6-7-4-5-8-6/h2-5H,1H2,(H,7,8)/b3-2+. The van der Waals surface area contributed by atoms with Crippen molar-refractivity contribution in [2.45, 2.75) is 0 Å². The van der Waals surface area contributed by atoms with Crippen LogP contribution in [0.5, 0.6) is 0 Å². The number of aromatic nitrogens is 2. The maximum atomic E-state index is 3.92. The van der Waals surface area contributed by atoms with Gasteiger partial charge in [0.25, 0.3) is 0 Å². The number of imidazole rings is 1. The average Bonchev–Trinajstić information content (AvgIpc) is 2.19. The molecule has 8 heavy (non-hydrogen) atoms. The van der Waals surface area contributed by atoms with Crippen LogP contribution in [0.3, 0.4) is 0 Å². The Balaban J connectivity index is 2.77. The van der Waals surface area contributed by atoms with Crippen LogP contribution in [-0.2, 0) is 0 Å². The molecule has 1 heterocycles. The Kier molecular flexibility index (Phi) is 1.47. The molecule has 0 spiro atoms. The lowest BCUT2D eigenvalue weighted by Crippen LogP contribution is -1.69. The first-order valence-electron chi connectivity index (χ1n) is 2.38. The molecule has 41 valence electrons. The first-order chi connectivity index (χ1) is 3.93. The zero-order valence-corrected chi connectivity index (χ0v) is 4.46. The van der Waals surface area contributed by atoms with E-state index in [4.69, 9.17) is 0 Å². The number of allylic oxidation sites excluding steroid dienone is 1. The molecule has 0 atom stereocenters. The molecule has 1 radical (unpaired) electrons. The van der Waals surface area contributed by atoms with Gasteiger partial charge in [-0.15, -0.1) is 0 Å². The summed E-state index contributed by atoms with van der Waals surface area (Å²) in [6.45, 7) is 3.52. The van der Waals surface area contributed by atoms with Crippen molar-refractivity contribution in [1.29, 1.82) is 0 Å². The normalized spacial score (nSPS) is 10.6.